The number of carbonyl (C=O) groups excluding carboxylic acids is 1. The van der Waals surface area contributed by atoms with Gasteiger partial charge in [-0.05, 0) is 84.1 Å². The lowest BCUT2D eigenvalue weighted by molar-refractivity contribution is -0.143. The van der Waals surface area contributed by atoms with E-state index in [0.29, 0.717) is 42.7 Å². The molecule has 0 aliphatic carbocycles. The molecule has 11 nitrogen and oxygen atoms in total. The Bertz CT molecular complexity index is 2310. The zero-order valence-corrected chi connectivity index (χ0v) is 36.9. The average molecular weight is 829 g/mol. The van der Waals surface area contributed by atoms with Gasteiger partial charge >= 0.3 is 5.97 Å². The van der Waals surface area contributed by atoms with Gasteiger partial charge < -0.3 is 28.1 Å². The van der Waals surface area contributed by atoms with Crippen molar-refractivity contribution in [3.05, 3.63) is 138 Å². The molecule has 0 saturated carbocycles. The number of methoxy groups -OCH3 is 2. The standard InChI is InChI=1S/C48H56N4O7Si/c1-9-56-43(53)27-18-33-14-13-15-34(28-33)44-45-46(50-31-49-44)52(32-51-45)42-29-40(59-60(7,8)47(2,3)4)41(58-42)30-57-48(35-16-11-10-12-17-35,36-19-23-38(54-5)24-20-36)37-21-25-39(55-6)26-22-37/h10-17,19-26,28,31-32,40-42H,9,18,27,29-30H2,1-8H3/t40-,41+,42+/m0/s1. The van der Waals surface area contributed by atoms with E-state index in [2.05, 4.69) is 75.2 Å². The Balaban J connectivity index is 1.25. The number of imidazole rings is 1. The van der Waals surface area contributed by atoms with Crippen LogP contribution in [-0.4, -0.2) is 73.4 Å². The van der Waals surface area contributed by atoms with E-state index >= 15 is 0 Å². The van der Waals surface area contributed by atoms with Gasteiger partial charge in [-0.15, -0.1) is 0 Å². The third-order valence-corrected chi connectivity index (χ3v) is 16.4. The molecule has 3 heterocycles. The van der Waals surface area contributed by atoms with E-state index in [9.17, 15) is 4.79 Å². The Kier molecular flexibility index (Phi) is 12.9. The van der Waals surface area contributed by atoms with Gasteiger partial charge in [-0.25, -0.2) is 15.0 Å². The van der Waals surface area contributed by atoms with Crippen LogP contribution in [0.25, 0.3) is 22.4 Å². The number of nitrogens with zero attached hydrogens (tertiary/aromatic N) is 4. The van der Waals surface area contributed by atoms with Gasteiger partial charge in [0, 0.05) is 18.4 Å². The Hall–Kier alpha value is -5.40. The second-order valence-electron chi connectivity index (χ2n) is 16.6. The highest BCUT2D eigenvalue weighted by molar-refractivity contribution is 6.74. The molecule has 3 atom stereocenters. The van der Waals surface area contributed by atoms with E-state index in [1.54, 1.807) is 26.9 Å². The van der Waals surface area contributed by atoms with Crippen molar-refractivity contribution < 1.29 is 32.9 Å². The lowest BCUT2D eigenvalue weighted by atomic mass is 9.80. The second kappa shape index (κ2) is 18.1. The Labute approximate surface area is 354 Å². The summed E-state index contributed by atoms with van der Waals surface area (Å²) in [5, 5.41) is -0.0365. The molecular formula is C48H56N4O7Si. The summed E-state index contributed by atoms with van der Waals surface area (Å²) in [5.41, 5.74) is 5.73. The van der Waals surface area contributed by atoms with Gasteiger partial charge in [0.2, 0.25) is 0 Å². The molecule has 0 N–H and O–H groups in total. The van der Waals surface area contributed by atoms with Gasteiger partial charge in [-0.1, -0.05) is 93.6 Å². The molecule has 1 saturated heterocycles. The predicted molar refractivity (Wildman–Crippen MR) is 235 cm³/mol. The van der Waals surface area contributed by atoms with Crippen molar-refractivity contribution >= 4 is 25.5 Å². The minimum atomic E-state index is -2.29. The van der Waals surface area contributed by atoms with Gasteiger partial charge in [0.05, 0.1) is 39.9 Å². The number of benzene rings is 4. The highest BCUT2D eigenvalue weighted by Gasteiger charge is 2.47. The topological polar surface area (TPSA) is 116 Å². The second-order valence-corrected chi connectivity index (χ2v) is 21.4. The molecular weight excluding hydrogens is 773 g/mol. The molecule has 1 aliphatic heterocycles. The summed E-state index contributed by atoms with van der Waals surface area (Å²) in [6, 6.07) is 34.4. The fourth-order valence-electron chi connectivity index (χ4n) is 7.61. The van der Waals surface area contributed by atoms with Crippen LogP contribution >= 0.6 is 0 Å². The van der Waals surface area contributed by atoms with Crippen LogP contribution in [0.15, 0.2) is 116 Å². The highest BCUT2D eigenvalue weighted by atomic mass is 28.4. The summed E-state index contributed by atoms with van der Waals surface area (Å²) >= 11 is 0. The van der Waals surface area contributed by atoms with E-state index in [4.69, 9.17) is 38.1 Å². The molecule has 2 aromatic heterocycles. The first-order valence-corrected chi connectivity index (χ1v) is 23.5. The fourth-order valence-corrected chi connectivity index (χ4v) is 8.97. The van der Waals surface area contributed by atoms with Gasteiger partial charge in [0.15, 0.2) is 14.0 Å². The SMILES string of the molecule is CCOC(=O)CCc1cccc(-c2ncnc3c2ncn3[C@H]2C[C@H](O[Si](C)(C)C(C)(C)C)[C@@H](COC(c3ccccc3)(c3ccc(OC)cc3)c3ccc(OC)cc3)O2)c1. The maximum absolute atomic E-state index is 12.1. The summed E-state index contributed by atoms with van der Waals surface area (Å²) in [5.74, 6) is 1.29. The molecule has 0 unspecified atom stereocenters. The first-order chi connectivity index (χ1) is 28.9. The molecule has 7 rings (SSSR count). The number of hydrogen-bond acceptors (Lipinski definition) is 10. The van der Waals surface area contributed by atoms with Gasteiger partial charge in [-0.3, -0.25) is 9.36 Å². The summed E-state index contributed by atoms with van der Waals surface area (Å²) in [4.78, 5) is 26.4. The van der Waals surface area contributed by atoms with Crippen LogP contribution in [0.2, 0.25) is 18.1 Å². The number of aryl methyl sites for hydroxylation is 1. The summed E-state index contributed by atoms with van der Waals surface area (Å²) in [6.45, 7) is 13.7. The maximum atomic E-state index is 12.1. The third-order valence-electron chi connectivity index (χ3n) is 11.9. The number of hydrogen-bond donors (Lipinski definition) is 0. The molecule has 0 spiro atoms. The maximum Gasteiger partial charge on any atom is 0.306 e. The molecule has 0 amide bonds. The zero-order valence-electron chi connectivity index (χ0n) is 35.9. The first kappa shape index (κ1) is 42.7. The largest absolute Gasteiger partial charge is 0.497 e. The normalized spacial score (nSPS) is 17.2. The first-order valence-electron chi connectivity index (χ1n) is 20.6. The van der Waals surface area contributed by atoms with Crippen molar-refractivity contribution in [1.82, 2.24) is 19.5 Å². The third kappa shape index (κ3) is 8.88. The summed E-state index contributed by atoms with van der Waals surface area (Å²) in [6.07, 6.45) is 3.62. The van der Waals surface area contributed by atoms with Gasteiger partial charge in [0.25, 0.3) is 0 Å². The monoisotopic (exact) mass is 828 g/mol. The van der Waals surface area contributed by atoms with E-state index in [0.717, 1.165) is 39.3 Å². The van der Waals surface area contributed by atoms with Crippen LogP contribution in [0.5, 0.6) is 11.5 Å². The smallest absolute Gasteiger partial charge is 0.306 e. The number of esters is 1. The Morgan fingerprint density at radius 1 is 0.833 bits per heavy atom. The van der Waals surface area contributed by atoms with Crippen molar-refractivity contribution in [1.29, 1.82) is 0 Å². The molecule has 1 fully saturated rings. The molecule has 4 aromatic carbocycles. The van der Waals surface area contributed by atoms with E-state index < -0.39 is 26.3 Å². The van der Waals surface area contributed by atoms with Crippen LogP contribution in [0.3, 0.4) is 0 Å². The lowest BCUT2D eigenvalue weighted by Crippen LogP contribution is -2.47. The zero-order chi connectivity index (χ0) is 42.5. The fraction of sp³-hybridized carbons (Fsp3) is 0.375. The van der Waals surface area contributed by atoms with E-state index in [1.807, 2.05) is 78.2 Å². The number of rotatable bonds is 16. The van der Waals surface area contributed by atoms with E-state index in [1.165, 1.54) is 0 Å². The minimum absolute atomic E-state index is 0.0365. The highest BCUT2D eigenvalue weighted by Crippen LogP contribution is 2.45. The summed E-state index contributed by atoms with van der Waals surface area (Å²) in [7, 11) is 1.05. The molecule has 1 aliphatic rings. The van der Waals surface area contributed by atoms with Crippen LogP contribution < -0.4 is 9.47 Å². The molecule has 12 heteroatoms. The number of aromatic nitrogens is 4. The van der Waals surface area contributed by atoms with Crippen molar-refractivity contribution in [2.45, 2.75) is 89.1 Å². The van der Waals surface area contributed by atoms with Crippen LogP contribution in [0.4, 0.5) is 0 Å². The van der Waals surface area contributed by atoms with Crippen LogP contribution in [-0.2, 0) is 35.5 Å². The van der Waals surface area contributed by atoms with Crippen molar-refractivity contribution in [2.75, 3.05) is 27.4 Å². The summed E-state index contributed by atoms with van der Waals surface area (Å²) < 4.78 is 39.9. The Morgan fingerprint density at radius 2 is 1.48 bits per heavy atom. The van der Waals surface area contributed by atoms with Crippen molar-refractivity contribution in [2.24, 2.45) is 0 Å². The quantitative estimate of drug-likeness (QED) is 0.0531. The minimum Gasteiger partial charge on any atom is -0.497 e. The average Bonchev–Trinajstić information content (AvgIpc) is 3.87. The molecule has 6 aromatic rings. The lowest BCUT2D eigenvalue weighted by Gasteiger charge is -2.40. The predicted octanol–water partition coefficient (Wildman–Crippen LogP) is 9.69. The molecule has 0 bridgehead atoms. The van der Waals surface area contributed by atoms with Gasteiger partial charge in [0.1, 0.15) is 47.0 Å². The van der Waals surface area contributed by atoms with Gasteiger partial charge in [-0.2, -0.15) is 0 Å². The van der Waals surface area contributed by atoms with Crippen LogP contribution in [0, 0.1) is 0 Å². The number of carbonyl (C=O) groups is 1. The van der Waals surface area contributed by atoms with E-state index in [-0.39, 0.29) is 23.7 Å². The molecule has 60 heavy (non-hydrogen) atoms. The molecule has 314 valence electrons. The molecule has 0 radical (unpaired) electrons. The number of fused-ring (bicyclic) bond motifs is 1. The van der Waals surface area contributed by atoms with Crippen molar-refractivity contribution in [3.63, 3.8) is 0 Å². The Morgan fingerprint density at radius 3 is 2.10 bits per heavy atom. The van der Waals surface area contributed by atoms with Crippen molar-refractivity contribution in [3.8, 4) is 22.8 Å². The van der Waals surface area contributed by atoms with Crippen LogP contribution in [0.1, 0.15) is 69.0 Å². The number of ether oxygens (including phenoxy) is 5.